The lowest BCUT2D eigenvalue weighted by Gasteiger charge is -2.40. The van der Waals surface area contributed by atoms with E-state index in [1.807, 2.05) is 0 Å². The molecule has 2 aliphatic heterocycles. The Balaban J connectivity index is 1.86. The number of likely N-dealkylation sites (N-methyl/N-ethyl adjacent to an activating group) is 1. The zero-order valence-electron chi connectivity index (χ0n) is 10.6. The molecule has 2 aliphatic rings. The third-order valence-electron chi connectivity index (χ3n) is 4.40. The summed E-state index contributed by atoms with van der Waals surface area (Å²) in [6, 6.07) is 9.01. The molecule has 1 fully saturated rings. The van der Waals surface area contributed by atoms with Crippen LogP contribution in [0.15, 0.2) is 24.3 Å². The van der Waals surface area contributed by atoms with Crippen molar-refractivity contribution in [2.45, 2.75) is 25.1 Å². The predicted octanol–water partition coefficient (Wildman–Crippen LogP) is 0.395. The molecule has 4 heteroatoms. The summed E-state index contributed by atoms with van der Waals surface area (Å²) in [4.78, 5) is 1.58. The fourth-order valence-corrected chi connectivity index (χ4v) is 3.23. The fraction of sp³-hybridized carbons (Fsp3) is 0.500. The number of fused-ring (bicyclic) bond motifs is 3. The molecule has 0 saturated carbocycles. The van der Waals surface area contributed by atoms with E-state index in [1.54, 1.807) is 4.90 Å². The van der Waals surface area contributed by atoms with Crippen LogP contribution in [0.4, 0.5) is 0 Å². The summed E-state index contributed by atoms with van der Waals surface area (Å²) in [6.45, 7) is 2.93. The van der Waals surface area contributed by atoms with Crippen molar-refractivity contribution < 1.29 is 9.64 Å². The number of benzene rings is 1. The molecule has 4 nitrogen and oxygen atoms in total. The smallest absolute Gasteiger partial charge is 0.151 e. The van der Waals surface area contributed by atoms with Gasteiger partial charge in [-0.25, -0.2) is 0 Å². The number of nitrogens with one attached hydrogen (secondary N) is 1. The molecule has 0 radical (unpaired) electrons. The van der Waals surface area contributed by atoms with Crippen LogP contribution in [-0.2, 0) is 11.3 Å². The van der Waals surface area contributed by atoms with Crippen LogP contribution in [0.1, 0.15) is 18.2 Å². The van der Waals surface area contributed by atoms with E-state index in [4.69, 9.17) is 9.84 Å². The normalized spacial score (nSPS) is 31.1. The van der Waals surface area contributed by atoms with Crippen LogP contribution < -0.4 is 4.90 Å². The van der Waals surface area contributed by atoms with Crippen molar-refractivity contribution in [1.82, 2.24) is 9.78 Å². The van der Waals surface area contributed by atoms with Gasteiger partial charge in [-0.1, -0.05) is 18.2 Å². The molecule has 18 heavy (non-hydrogen) atoms. The average Bonchev–Trinajstić information content (AvgIpc) is 2.76. The van der Waals surface area contributed by atoms with Crippen molar-refractivity contribution in [3.05, 3.63) is 30.0 Å². The molecular formula is C14H18N3O+. The van der Waals surface area contributed by atoms with Crippen LogP contribution in [0.3, 0.4) is 0 Å². The Morgan fingerprint density at radius 2 is 2.28 bits per heavy atom. The van der Waals surface area contributed by atoms with E-state index in [2.05, 4.69) is 36.0 Å². The highest BCUT2D eigenvalue weighted by Crippen LogP contribution is 2.32. The average molecular weight is 244 g/mol. The second-order valence-electron chi connectivity index (χ2n) is 5.41. The molecule has 3 heterocycles. The quantitative estimate of drug-likeness (QED) is 0.787. The van der Waals surface area contributed by atoms with Crippen LogP contribution in [-0.4, -0.2) is 36.0 Å². The standard InChI is InChI=1S/C14H17N3O/c1-16-7-6-12(16)14-13-10-4-2-3-5-11(10)15-17(13)8-9-18-14/h2-5,12,14H,6-9H2,1H3/p+1/t12-,14?/m0/s1. The lowest BCUT2D eigenvalue weighted by molar-refractivity contribution is -0.953. The maximum absolute atomic E-state index is 6.06. The maximum Gasteiger partial charge on any atom is 0.151 e. The lowest BCUT2D eigenvalue weighted by Crippen LogP contribution is -3.20. The van der Waals surface area contributed by atoms with E-state index in [0.29, 0.717) is 6.04 Å². The van der Waals surface area contributed by atoms with Gasteiger partial charge in [0.1, 0.15) is 6.04 Å². The first-order chi connectivity index (χ1) is 8.84. The summed E-state index contributed by atoms with van der Waals surface area (Å²) in [5.74, 6) is 0. The van der Waals surface area contributed by atoms with E-state index in [0.717, 1.165) is 18.7 Å². The van der Waals surface area contributed by atoms with Crippen molar-refractivity contribution >= 4 is 10.9 Å². The molecule has 94 valence electrons. The fourth-order valence-electron chi connectivity index (χ4n) is 3.23. The molecule has 0 bridgehead atoms. The number of hydrogen-bond acceptors (Lipinski definition) is 2. The minimum atomic E-state index is 0.222. The first kappa shape index (κ1) is 10.5. The molecular weight excluding hydrogens is 226 g/mol. The first-order valence-electron chi connectivity index (χ1n) is 6.74. The van der Waals surface area contributed by atoms with Gasteiger partial charge in [0.15, 0.2) is 6.10 Å². The topological polar surface area (TPSA) is 31.5 Å². The second-order valence-corrected chi connectivity index (χ2v) is 5.41. The van der Waals surface area contributed by atoms with Crippen molar-refractivity contribution in [1.29, 1.82) is 0 Å². The van der Waals surface area contributed by atoms with Gasteiger partial charge in [-0.05, 0) is 6.07 Å². The molecule has 3 atom stereocenters. The van der Waals surface area contributed by atoms with E-state index in [1.165, 1.54) is 24.0 Å². The summed E-state index contributed by atoms with van der Waals surface area (Å²) in [6.07, 6.45) is 1.48. The van der Waals surface area contributed by atoms with Gasteiger partial charge in [0.25, 0.3) is 0 Å². The molecule has 1 saturated heterocycles. The number of aromatic nitrogens is 2. The third-order valence-corrected chi connectivity index (χ3v) is 4.40. The Morgan fingerprint density at radius 3 is 3.06 bits per heavy atom. The van der Waals surface area contributed by atoms with Gasteiger partial charge in [0.2, 0.25) is 0 Å². The third kappa shape index (κ3) is 1.36. The molecule has 2 unspecified atom stereocenters. The molecule has 0 amide bonds. The molecule has 1 aromatic carbocycles. The van der Waals surface area contributed by atoms with E-state index >= 15 is 0 Å². The van der Waals surface area contributed by atoms with Gasteiger partial charge in [-0.2, -0.15) is 5.10 Å². The van der Waals surface area contributed by atoms with Gasteiger partial charge >= 0.3 is 0 Å². The highest BCUT2D eigenvalue weighted by molar-refractivity contribution is 5.82. The Morgan fingerprint density at radius 1 is 1.39 bits per heavy atom. The van der Waals surface area contributed by atoms with Gasteiger partial charge in [0.05, 0.1) is 44.4 Å². The predicted molar refractivity (Wildman–Crippen MR) is 68.6 cm³/mol. The summed E-state index contributed by atoms with van der Waals surface area (Å²) >= 11 is 0. The zero-order valence-corrected chi connectivity index (χ0v) is 10.6. The van der Waals surface area contributed by atoms with Crippen molar-refractivity contribution in [3.63, 3.8) is 0 Å². The molecule has 2 aromatic rings. The van der Waals surface area contributed by atoms with Crippen LogP contribution >= 0.6 is 0 Å². The number of quaternary nitrogens is 1. The highest BCUT2D eigenvalue weighted by atomic mass is 16.5. The Labute approximate surface area is 106 Å². The maximum atomic E-state index is 6.06. The summed E-state index contributed by atoms with van der Waals surface area (Å²) in [7, 11) is 2.26. The monoisotopic (exact) mass is 244 g/mol. The Bertz CT molecular complexity index is 592. The van der Waals surface area contributed by atoms with Gasteiger partial charge < -0.3 is 9.64 Å². The van der Waals surface area contributed by atoms with Gasteiger partial charge in [-0.3, -0.25) is 4.68 Å². The van der Waals surface area contributed by atoms with Gasteiger partial charge in [0, 0.05) is 5.39 Å². The first-order valence-corrected chi connectivity index (χ1v) is 6.74. The minimum absolute atomic E-state index is 0.222. The Kier molecular flexibility index (Phi) is 2.22. The number of rotatable bonds is 1. The van der Waals surface area contributed by atoms with E-state index < -0.39 is 0 Å². The SMILES string of the molecule is C[NH+]1CC[C@H]1C1OCCn2nc3ccccc3c21. The van der Waals surface area contributed by atoms with E-state index in [9.17, 15) is 0 Å². The van der Waals surface area contributed by atoms with Crippen LogP contribution in [0, 0.1) is 0 Å². The molecule has 1 aromatic heterocycles. The van der Waals surface area contributed by atoms with Crippen LogP contribution in [0.2, 0.25) is 0 Å². The van der Waals surface area contributed by atoms with Gasteiger partial charge in [-0.15, -0.1) is 0 Å². The summed E-state index contributed by atoms with van der Waals surface area (Å²) < 4.78 is 8.22. The molecule has 0 spiro atoms. The number of nitrogens with zero attached hydrogens (tertiary/aromatic N) is 2. The lowest BCUT2D eigenvalue weighted by atomic mass is 9.93. The largest absolute Gasteiger partial charge is 0.364 e. The highest BCUT2D eigenvalue weighted by Gasteiger charge is 2.42. The van der Waals surface area contributed by atoms with Crippen molar-refractivity contribution in [2.75, 3.05) is 20.2 Å². The van der Waals surface area contributed by atoms with Crippen LogP contribution in [0.5, 0.6) is 0 Å². The summed E-state index contributed by atoms with van der Waals surface area (Å²) in [5.41, 5.74) is 2.39. The minimum Gasteiger partial charge on any atom is -0.364 e. The number of hydrogen-bond donors (Lipinski definition) is 1. The Hall–Kier alpha value is -1.39. The molecule has 4 rings (SSSR count). The van der Waals surface area contributed by atoms with Crippen LogP contribution in [0.25, 0.3) is 10.9 Å². The molecule has 1 N–H and O–H groups in total. The summed E-state index contributed by atoms with van der Waals surface area (Å²) in [5, 5.41) is 5.96. The van der Waals surface area contributed by atoms with E-state index in [-0.39, 0.29) is 6.10 Å². The number of likely N-dealkylation sites (tertiary alicyclic amines) is 1. The number of ether oxygens (including phenoxy) is 1. The van der Waals surface area contributed by atoms with Crippen molar-refractivity contribution in [3.8, 4) is 0 Å². The van der Waals surface area contributed by atoms with Crippen molar-refractivity contribution in [2.24, 2.45) is 0 Å². The second kappa shape index (κ2) is 3.80. The zero-order chi connectivity index (χ0) is 12.1. The molecule has 0 aliphatic carbocycles.